The Labute approximate surface area is 187 Å². The van der Waals surface area contributed by atoms with E-state index >= 15 is 0 Å². The molecule has 1 unspecified atom stereocenters. The number of anilines is 1. The van der Waals surface area contributed by atoms with E-state index in [1.165, 1.54) is 12.1 Å². The van der Waals surface area contributed by atoms with Crippen molar-refractivity contribution in [2.24, 2.45) is 0 Å². The van der Waals surface area contributed by atoms with Gasteiger partial charge in [0.05, 0.1) is 18.2 Å². The first-order valence-electron chi connectivity index (χ1n) is 11.1. The van der Waals surface area contributed by atoms with Gasteiger partial charge in [0.15, 0.2) is 0 Å². The molecule has 2 aromatic carbocycles. The lowest BCUT2D eigenvalue weighted by molar-refractivity contribution is -0.116. The van der Waals surface area contributed by atoms with E-state index in [9.17, 15) is 19.8 Å². The number of hydrogen-bond acceptors (Lipinski definition) is 5. The van der Waals surface area contributed by atoms with Crippen molar-refractivity contribution in [1.29, 1.82) is 0 Å². The molecule has 1 aromatic heterocycles. The number of aliphatic hydroxyl groups is 1. The fourth-order valence-electron chi connectivity index (χ4n) is 3.77. The first-order chi connectivity index (χ1) is 15.5. The van der Waals surface area contributed by atoms with Gasteiger partial charge in [-0.25, -0.2) is 0 Å². The number of pyridine rings is 1. The number of benzene rings is 2. The van der Waals surface area contributed by atoms with E-state index in [0.29, 0.717) is 23.9 Å². The number of fused-ring (bicyclic) bond motifs is 1. The number of phenolic OH excluding ortho intramolecular Hbond substituents is 1. The number of H-pyrrole nitrogens is 1. The normalized spacial score (nSPS) is 12.1. The average Bonchev–Trinajstić information content (AvgIpc) is 2.79. The minimum atomic E-state index is -0.326. The maximum atomic E-state index is 11.9. The van der Waals surface area contributed by atoms with Crippen molar-refractivity contribution in [2.45, 2.75) is 45.1 Å². The molecule has 1 heterocycles. The van der Waals surface area contributed by atoms with Crippen molar-refractivity contribution >= 4 is 22.5 Å². The third-order valence-electron chi connectivity index (χ3n) is 5.47. The van der Waals surface area contributed by atoms with Crippen LogP contribution in [-0.2, 0) is 11.2 Å². The highest BCUT2D eigenvalue weighted by atomic mass is 16.3. The summed E-state index contributed by atoms with van der Waals surface area (Å²) in [5.74, 6) is 0.0405. The van der Waals surface area contributed by atoms with Crippen LogP contribution in [0.15, 0.2) is 53.3 Å². The molecule has 1 amide bonds. The smallest absolute Gasteiger partial charge is 0.248 e. The van der Waals surface area contributed by atoms with Crippen LogP contribution in [0.2, 0.25) is 0 Å². The second kappa shape index (κ2) is 11.5. The van der Waals surface area contributed by atoms with Crippen LogP contribution in [0.5, 0.6) is 5.75 Å². The van der Waals surface area contributed by atoms with Gasteiger partial charge < -0.3 is 25.8 Å². The second-order valence-electron chi connectivity index (χ2n) is 7.93. The van der Waals surface area contributed by atoms with Gasteiger partial charge in [0, 0.05) is 23.6 Å². The van der Waals surface area contributed by atoms with Crippen LogP contribution < -0.4 is 16.2 Å². The van der Waals surface area contributed by atoms with Gasteiger partial charge in [0.25, 0.3) is 0 Å². The molecule has 32 heavy (non-hydrogen) atoms. The van der Waals surface area contributed by atoms with Gasteiger partial charge in [0.2, 0.25) is 11.5 Å². The summed E-state index contributed by atoms with van der Waals surface area (Å²) in [6.07, 6.45) is 4.08. The summed E-state index contributed by atoms with van der Waals surface area (Å²) in [4.78, 5) is 26.2. The Bertz CT molecular complexity index is 1110. The molecule has 7 nitrogen and oxygen atoms in total. The minimum absolute atomic E-state index is 0.000179. The zero-order valence-corrected chi connectivity index (χ0v) is 18.4. The largest absolute Gasteiger partial charge is 0.506 e. The van der Waals surface area contributed by atoms with Gasteiger partial charge in [-0.05, 0) is 61.2 Å². The zero-order valence-electron chi connectivity index (χ0n) is 18.4. The summed E-state index contributed by atoms with van der Waals surface area (Å²) in [7, 11) is 0. The second-order valence-corrected chi connectivity index (χ2v) is 7.93. The third-order valence-corrected chi connectivity index (χ3v) is 5.47. The van der Waals surface area contributed by atoms with Crippen molar-refractivity contribution in [1.82, 2.24) is 10.3 Å². The number of unbranched alkanes of at least 4 members (excludes halogenated alkanes) is 1. The van der Waals surface area contributed by atoms with E-state index in [0.717, 1.165) is 42.5 Å². The predicted octanol–water partition coefficient (Wildman–Crippen LogP) is 3.62. The first kappa shape index (κ1) is 23.5. The maximum Gasteiger partial charge on any atom is 0.248 e. The molecule has 0 saturated heterocycles. The van der Waals surface area contributed by atoms with Crippen molar-refractivity contribution in [3.05, 3.63) is 70.0 Å². The van der Waals surface area contributed by atoms with E-state index in [-0.39, 0.29) is 29.9 Å². The Morgan fingerprint density at radius 1 is 1.12 bits per heavy atom. The predicted molar refractivity (Wildman–Crippen MR) is 127 cm³/mol. The molecule has 0 saturated carbocycles. The summed E-state index contributed by atoms with van der Waals surface area (Å²) in [6, 6.07) is 13.9. The SMILES string of the molecule is CCCCC(=O)Nc1cccc(CCCNC(CO)c2ccc(O)c3[nH]c(=O)ccc23)c1. The van der Waals surface area contributed by atoms with Gasteiger partial charge in [-0.2, -0.15) is 0 Å². The van der Waals surface area contributed by atoms with Crippen molar-refractivity contribution in [3.8, 4) is 5.75 Å². The van der Waals surface area contributed by atoms with Crippen molar-refractivity contribution in [3.63, 3.8) is 0 Å². The fraction of sp³-hybridized carbons (Fsp3) is 0.360. The Kier molecular flexibility index (Phi) is 8.41. The third kappa shape index (κ3) is 6.18. The fourth-order valence-corrected chi connectivity index (χ4v) is 3.77. The van der Waals surface area contributed by atoms with Gasteiger partial charge >= 0.3 is 0 Å². The standard InChI is InChI=1S/C25H31N3O4/c1-2-3-9-23(31)27-18-8-4-6-17(15-18)7-5-14-26-21(16-29)19-10-12-22(30)25-20(19)11-13-24(32)28-25/h4,6,8,10-13,15,21,26,29-30H,2-3,5,7,9,14,16H2,1H3,(H,27,31)(H,28,32). The number of carbonyl (C=O) groups excluding carboxylic acids is 1. The van der Waals surface area contributed by atoms with Gasteiger partial charge in [0.1, 0.15) is 5.75 Å². The Hall–Kier alpha value is -3.16. The van der Waals surface area contributed by atoms with Crippen LogP contribution >= 0.6 is 0 Å². The van der Waals surface area contributed by atoms with Gasteiger partial charge in [-0.1, -0.05) is 31.5 Å². The van der Waals surface area contributed by atoms with E-state index in [4.69, 9.17) is 0 Å². The van der Waals surface area contributed by atoms with Crippen LogP contribution in [-0.4, -0.2) is 34.3 Å². The summed E-state index contributed by atoms with van der Waals surface area (Å²) in [5.41, 5.74) is 2.84. The van der Waals surface area contributed by atoms with Crippen LogP contribution in [0.4, 0.5) is 5.69 Å². The number of rotatable bonds is 11. The summed E-state index contributed by atoms with van der Waals surface area (Å²) < 4.78 is 0. The van der Waals surface area contributed by atoms with E-state index in [2.05, 4.69) is 22.5 Å². The number of nitrogens with one attached hydrogen (secondary N) is 3. The molecule has 0 aliphatic carbocycles. The number of aromatic amines is 1. The van der Waals surface area contributed by atoms with Crippen molar-refractivity contribution < 1.29 is 15.0 Å². The maximum absolute atomic E-state index is 11.9. The molecule has 0 radical (unpaired) electrons. The highest BCUT2D eigenvalue weighted by Crippen LogP contribution is 2.28. The number of aromatic hydroxyl groups is 1. The summed E-state index contributed by atoms with van der Waals surface area (Å²) in [5, 5.41) is 27.0. The van der Waals surface area contributed by atoms with E-state index in [1.807, 2.05) is 24.3 Å². The number of hydrogen-bond donors (Lipinski definition) is 5. The molecule has 0 bridgehead atoms. The Morgan fingerprint density at radius 3 is 2.75 bits per heavy atom. The molecule has 1 atom stereocenters. The summed E-state index contributed by atoms with van der Waals surface area (Å²) >= 11 is 0. The number of aryl methyl sites for hydroxylation is 1. The molecule has 0 fully saturated rings. The highest BCUT2D eigenvalue weighted by Gasteiger charge is 2.15. The van der Waals surface area contributed by atoms with Crippen LogP contribution in [0.3, 0.4) is 0 Å². The minimum Gasteiger partial charge on any atom is -0.506 e. The lowest BCUT2D eigenvalue weighted by Gasteiger charge is -2.19. The molecule has 0 spiro atoms. The topological polar surface area (TPSA) is 114 Å². The van der Waals surface area contributed by atoms with Gasteiger partial charge in [-0.15, -0.1) is 0 Å². The number of amides is 1. The lowest BCUT2D eigenvalue weighted by atomic mass is 10.0. The number of aliphatic hydroxyl groups excluding tert-OH is 1. The highest BCUT2D eigenvalue weighted by molar-refractivity contribution is 5.90. The molecule has 0 aliphatic heterocycles. The molecular weight excluding hydrogens is 406 g/mol. The van der Waals surface area contributed by atoms with Crippen LogP contribution in [0, 0.1) is 0 Å². The molecule has 5 N–H and O–H groups in total. The number of carbonyl (C=O) groups is 1. The van der Waals surface area contributed by atoms with Crippen LogP contribution in [0.25, 0.3) is 10.9 Å². The van der Waals surface area contributed by atoms with E-state index < -0.39 is 0 Å². The molecular formula is C25H31N3O4. The van der Waals surface area contributed by atoms with E-state index in [1.54, 1.807) is 12.1 Å². The van der Waals surface area contributed by atoms with Crippen LogP contribution in [0.1, 0.15) is 49.8 Å². The molecule has 0 aliphatic rings. The Morgan fingerprint density at radius 2 is 1.97 bits per heavy atom. The molecule has 3 aromatic rings. The average molecular weight is 438 g/mol. The molecule has 7 heteroatoms. The quantitative estimate of drug-likeness (QED) is 0.294. The summed E-state index contributed by atoms with van der Waals surface area (Å²) in [6.45, 7) is 2.62. The first-order valence-corrected chi connectivity index (χ1v) is 11.1. The molecule has 170 valence electrons. The monoisotopic (exact) mass is 437 g/mol. The molecule has 3 rings (SSSR count). The lowest BCUT2D eigenvalue weighted by Crippen LogP contribution is -2.26. The number of phenols is 1. The number of aromatic nitrogens is 1. The zero-order chi connectivity index (χ0) is 22.9. The Balaban J connectivity index is 1.58. The van der Waals surface area contributed by atoms with Crippen molar-refractivity contribution in [2.75, 3.05) is 18.5 Å². The van der Waals surface area contributed by atoms with Gasteiger partial charge in [-0.3, -0.25) is 9.59 Å².